The summed E-state index contributed by atoms with van der Waals surface area (Å²) in [6.07, 6.45) is -0.343. The van der Waals surface area contributed by atoms with Crippen molar-refractivity contribution in [2.75, 3.05) is 37.7 Å². The Balaban J connectivity index is 1.90. The Morgan fingerprint density at radius 3 is 2.39 bits per heavy atom. The zero-order chi connectivity index (χ0) is 17.0. The second kappa shape index (κ2) is 7.82. The molecule has 1 fully saturated rings. The number of nitrogens with zero attached hydrogens (tertiary/aromatic N) is 2. The van der Waals surface area contributed by atoms with Crippen LogP contribution in [0.1, 0.15) is 31.9 Å². The number of carbonyl (C=O) groups excluding carboxylic acids is 1. The summed E-state index contributed by atoms with van der Waals surface area (Å²) in [5, 5.41) is 0. The van der Waals surface area contributed by atoms with E-state index >= 15 is 0 Å². The molecule has 23 heavy (non-hydrogen) atoms. The van der Waals surface area contributed by atoms with Crippen molar-refractivity contribution in [3.63, 3.8) is 0 Å². The summed E-state index contributed by atoms with van der Waals surface area (Å²) in [7, 11) is 0. The Morgan fingerprint density at radius 1 is 1.13 bits per heavy atom. The first-order valence-corrected chi connectivity index (χ1v) is 8.61. The van der Waals surface area contributed by atoms with E-state index in [0.717, 1.165) is 26.2 Å². The van der Waals surface area contributed by atoms with Gasteiger partial charge in [0.25, 0.3) is 5.91 Å². The van der Waals surface area contributed by atoms with Crippen molar-refractivity contribution in [1.82, 2.24) is 4.90 Å². The summed E-state index contributed by atoms with van der Waals surface area (Å²) in [5.41, 5.74) is 3.94. The SMILES string of the molecule is Cc1cccc(N2CCN(C(=O)[C@H](C)OCC(C)C)CC2)c1C. The van der Waals surface area contributed by atoms with E-state index in [0.29, 0.717) is 12.5 Å². The van der Waals surface area contributed by atoms with Crippen LogP contribution in [0.15, 0.2) is 18.2 Å². The van der Waals surface area contributed by atoms with Gasteiger partial charge in [0.2, 0.25) is 0 Å². The minimum atomic E-state index is -0.343. The molecule has 128 valence electrons. The van der Waals surface area contributed by atoms with Crippen molar-refractivity contribution in [2.45, 2.75) is 40.7 Å². The number of piperazine rings is 1. The van der Waals surface area contributed by atoms with Crippen molar-refractivity contribution >= 4 is 11.6 Å². The molecule has 0 aromatic heterocycles. The van der Waals surface area contributed by atoms with Crippen LogP contribution in [-0.2, 0) is 9.53 Å². The third kappa shape index (κ3) is 4.47. The van der Waals surface area contributed by atoms with Gasteiger partial charge < -0.3 is 14.5 Å². The zero-order valence-electron chi connectivity index (χ0n) is 15.1. The fourth-order valence-corrected chi connectivity index (χ4v) is 2.91. The Kier molecular flexibility index (Phi) is 6.05. The minimum Gasteiger partial charge on any atom is -0.368 e. The first-order chi connectivity index (χ1) is 10.9. The van der Waals surface area contributed by atoms with Gasteiger partial charge in [0.1, 0.15) is 6.10 Å². The molecule has 1 atom stereocenters. The van der Waals surface area contributed by atoms with Crippen LogP contribution >= 0.6 is 0 Å². The first-order valence-electron chi connectivity index (χ1n) is 8.61. The molecule has 0 bridgehead atoms. The monoisotopic (exact) mass is 318 g/mol. The fourth-order valence-electron chi connectivity index (χ4n) is 2.91. The number of carbonyl (C=O) groups is 1. The molecule has 4 nitrogen and oxygen atoms in total. The lowest BCUT2D eigenvalue weighted by Crippen LogP contribution is -2.51. The van der Waals surface area contributed by atoms with Crippen LogP contribution < -0.4 is 4.90 Å². The second-order valence-corrected chi connectivity index (χ2v) is 6.90. The maximum absolute atomic E-state index is 12.5. The minimum absolute atomic E-state index is 0.117. The number of anilines is 1. The van der Waals surface area contributed by atoms with Gasteiger partial charge in [0.15, 0.2) is 0 Å². The highest BCUT2D eigenvalue weighted by Gasteiger charge is 2.26. The lowest BCUT2D eigenvalue weighted by Gasteiger charge is -2.38. The molecular weight excluding hydrogens is 288 g/mol. The Labute approximate surface area is 140 Å². The van der Waals surface area contributed by atoms with Gasteiger partial charge in [-0.1, -0.05) is 26.0 Å². The predicted molar refractivity (Wildman–Crippen MR) is 95.0 cm³/mol. The summed E-state index contributed by atoms with van der Waals surface area (Å²) in [4.78, 5) is 16.8. The summed E-state index contributed by atoms with van der Waals surface area (Å²) in [5.74, 6) is 0.567. The molecule has 0 aliphatic carbocycles. The van der Waals surface area contributed by atoms with Gasteiger partial charge in [0, 0.05) is 38.5 Å². The maximum Gasteiger partial charge on any atom is 0.251 e. The van der Waals surface area contributed by atoms with Crippen molar-refractivity contribution in [1.29, 1.82) is 0 Å². The number of benzene rings is 1. The number of hydrogen-bond acceptors (Lipinski definition) is 3. The van der Waals surface area contributed by atoms with Crippen LogP contribution in [0.5, 0.6) is 0 Å². The molecule has 0 saturated carbocycles. The number of amides is 1. The van der Waals surface area contributed by atoms with E-state index in [1.807, 2.05) is 11.8 Å². The van der Waals surface area contributed by atoms with Crippen molar-refractivity contribution < 1.29 is 9.53 Å². The summed E-state index contributed by atoms with van der Waals surface area (Å²) < 4.78 is 5.66. The molecular formula is C19H30N2O2. The third-order valence-corrected chi connectivity index (χ3v) is 4.54. The molecule has 1 amide bonds. The zero-order valence-corrected chi connectivity index (χ0v) is 15.1. The van der Waals surface area contributed by atoms with Crippen molar-refractivity contribution in [3.8, 4) is 0 Å². The molecule has 2 rings (SSSR count). The van der Waals surface area contributed by atoms with E-state index < -0.39 is 0 Å². The number of aryl methyl sites for hydroxylation is 1. The highest BCUT2D eigenvalue weighted by Crippen LogP contribution is 2.24. The fraction of sp³-hybridized carbons (Fsp3) is 0.632. The van der Waals surface area contributed by atoms with Crippen LogP contribution in [0.4, 0.5) is 5.69 Å². The van der Waals surface area contributed by atoms with Crippen molar-refractivity contribution in [3.05, 3.63) is 29.3 Å². The molecule has 4 heteroatoms. The van der Waals surface area contributed by atoms with E-state index in [-0.39, 0.29) is 12.0 Å². The van der Waals surface area contributed by atoms with Crippen LogP contribution in [0.2, 0.25) is 0 Å². The topological polar surface area (TPSA) is 32.8 Å². The van der Waals surface area contributed by atoms with Crippen LogP contribution in [-0.4, -0.2) is 49.7 Å². The number of ether oxygens (including phenoxy) is 1. The highest BCUT2D eigenvalue weighted by molar-refractivity contribution is 5.80. The molecule has 1 aromatic rings. The Morgan fingerprint density at radius 2 is 1.78 bits per heavy atom. The lowest BCUT2D eigenvalue weighted by molar-refractivity contribution is -0.143. The van der Waals surface area contributed by atoms with Gasteiger partial charge in [-0.2, -0.15) is 0 Å². The Hall–Kier alpha value is -1.55. The first kappa shape index (κ1) is 17.8. The number of hydrogen-bond donors (Lipinski definition) is 0. The summed E-state index contributed by atoms with van der Waals surface area (Å²) in [6.45, 7) is 14.3. The molecule has 1 saturated heterocycles. The predicted octanol–water partition coefficient (Wildman–Crippen LogP) is 3.01. The van der Waals surface area contributed by atoms with E-state index in [1.165, 1.54) is 16.8 Å². The average molecular weight is 318 g/mol. The second-order valence-electron chi connectivity index (χ2n) is 6.90. The smallest absolute Gasteiger partial charge is 0.251 e. The molecule has 1 aliphatic heterocycles. The summed E-state index contributed by atoms with van der Waals surface area (Å²) in [6, 6.07) is 6.43. The average Bonchev–Trinajstić information content (AvgIpc) is 2.54. The molecule has 1 aliphatic rings. The molecule has 1 heterocycles. The largest absolute Gasteiger partial charge is 0.368 e. The van der Waals surface area contributed by atoms with Gasteiger partial charge in [-0.05, 0) is 43.9 Å². The molecule has 1 aromatic carbocycles. The molecule has 0 spiro atoms. The van der Waals surface area contributed by atoms with Crippen LogP contribution in [0, 0.1) is 19.8 Å². The molecule has 0 radical (unpaired) electrons. The maximum atomic E-state index is 12.5. The van der Waals surface area contributed by atoms with Crippen LogP contribution in [0.25, 0.3) is 0 Å². The Bertz CT molecular complexity index is 534. The van der Waals surface area contributed by atoms with Crippen LogP contribution in [0.3, 0.4) is 0 Å². The standard InChI is InChI=1S/C19H30N2O2/c1-14(2)13-23-17(5)19(22)21-11-9-20(10-12-21)18-8-6-7-15(3)16(18)4/h6-8,14,17H,9-13H2,1-5H3/t17-/m0/s1. The van der Waals surface area contributed by atoms with Gasteiger partial charge in [-0.25, -0.2) is 0 Å². The van der Waals surface area contributed by atoms with E-state index in [1.54, 1.807) is 0 Å². The highest BCUT2D eigenvalue weighted by atomic mass is 16.5. The number of rotatable bonds is 5. The van der Waals surface area contributed by atoms with Gasteiger partial charge in [0.05, 0.1) is 0 Å². The van der Waals surface area contributed by atoms with Gasteiger partial charge >= 0.3 is 0 Å². The molecule has 0 unspecified atom stereocenters. The summed E-state index contributed by atoms with van der Waals surface area (Å²) >= 11 is 0. The van der Waals surface area contributed by atoms with E-state index in [4.69, 9.17) is 4.74 Å². The van der Waals surface area contributed by atoms with E-state index in [9.17, 15) is 4.79 Å². The quantitative estimate of drug-likeness (QED) is 0.836. The molecule has 0 N–H and O–H groups in total. The lowest BCUT2D eigenvalue weighted by atomic mass is 10.1. The van der Waals surface area contributed by atoms with E-state index in [2.05, 4.69) is 50.8 Å². The van der Waals surface area contributed by atoms with Gasteiger partial charge in [-0.15, -0.1) is 0 Å². The van der Waals surface area contributed by atoms with Crippen molar-refractivity contribution in [2.24, 2.45) is 5.92 Å². The normalized spacial score (nSPS) is 16.8. The third-order valence-electron chi connectivity index (χ3n) is 4.54. The van der Waals surface area contributed by atoms with Gasteiger partial charge in [-0.3, -0.25) is 4.79 Å².